The fourth-order valence-corrected chi connectivity index (χ4v) is 2.83. The molecular weight excluding hydrogens is 155 g/mol. The van der Waals surface area contributed by atoms with Crippen LogP contribution < -0.4 is 5.73 Å². The maximum Gasteiger partial charge on any atom is 0.115 e. The highest BCUT2D eigenvalue weighted by molar-refractivity contribution is 5.06. The van der Waals surface area contributed by atoms with Crippen LogP contribution in [-0.2, 0) is 0 Å². The van der Waals surface area contributed by atoms with Crippen molar-refractivity contribution in [2.24, 2.45) is 5.73 Å². The Morgan fingerprint density at radius 1 is 1.67 bits per heavy atom. The number of rotatable bonds is 1. The summed E-state index contributed by atoms with van der Waals surface area (Å²) in [5.41, 5.74) is 5.75. The monoisotopic (exact) mass is 172 g/mol. The molecule has 70 valence electrons. The number of halogens is 1. The van der Waals surface area contributed by atoms with Crippen LogP contribution in [0.25, 0.3) is 0 Å². The van der Waals surface area contributed by atoms with Crippen molar-refractivity contribution in [2.75, 3.05) is 13.1 Å². The van der Waals surface area contributed by atoms with Crippen LogP contribution in [0.5, 0.6) is 0 Å². The molecule has 0 radical (unpaired) electrons. The molecule has 0 aromatic rings. The first-order chi connectivity index (χ1) is 5.68. The second-order valence-electron chi connectivity index (χ2n) is 4.27. The van der Waals surface area contributed by atoms with Gasteiger partial charge in [0.2, 0.25) is 0 Å². The van der Waals surface area contributed by atoms with Gasteiger partial charge >= 0.3 is 0 Å². The average Bonchev–Trinajstić information content (AvgIpc) is 2.51. The van der Waals surface area contributed by atoms with Crippen LogP contribution in [-0.4, -0.2) is 35.7 Å². The highest BCUT2D eigenvalue weighted by atomic mass is 19.1. The summed E-state index contributed by atoms with van der Waals surface area (Å²) in [4.78, 5) is 2.28. The summed E-state index contributed by atoms with van der Waals surface area (Å²) >= 11 is 0. The molecule has 12 heavy (non-hydrogen) atoms. The summed E-state index contributed by atoms with van der Waals surface area (Å²) in [7, 11) is 0. The van der Waals surface area contributed by atoms with E-state index in [0.29, 0.717) is 25.6 Å². The molecule has 2 nitrogen and oxygen atoms in total. The van der Waals surface area contributed by atoms with Gasteiger partial charge in [-0.15, -0.1) is 0 Å². The van der Waals surface area contributed by atoms with Gasteiger partial charge in [0.25, 0.3) is 0 Å². The molecule has 3 unspecified atom stereocenters. The standard InChI is InChI=1S/C9H17FN2/c1-7-2-3-9(6-11)4-8(10)5-12(7)9/h7-8H,2-6,11H2,1H3. The molecule has 2 heterocycles. The molecule has 2 rings (SSSR count). The van der Waals surface area contributed by atoms with Crippen molar-refractivity contribution in [1.29, 1.82) is 0 Å². The molecule has 0 aliphatic carbocycles. The fraction of sp³-hybridized carbons (Fsp3) is 1.00. The lowest BCUT2D eigenvalue weighted by atomic mass is 9.94. The Morgan fingerprint density at radius 3 is 3.00 bits per heavy atom. The van der Waals surface area contributed by atoms with Gasteiger partial charge in [-0.3, -0.25) is 4.90 Å². The molecule has 2 fully saturated rings. The topological polar surface area (TPSA) is 29.3 Å². The molecular formula is C9H17FN2. The number of hydrogen-bond acceptors (Lipinski definition) is 2. The van der Waals surface area contributed by atoms with Gasteiger partial charge in [-0.05, 0) is 26.2 Å². The Bertz CT molecular complexity index is 185. The number of nitrogens with zero attached hydrogens (tertiary/aromatic N) is 1. The molecule has 0 saturated carbocycles. The minimum atomic E-state index is -0.642. The normalized spacial score (nSPS) is 48.2. The maximum absolute atomic E-state index is 13.2. The lowest BCUT2D eigenvalue weighted by molar-refractivity contribution is 0.164. The minimum Gasteiger partial charge on any atom is -0.329 e. The number of hydrogen-bond donors (Lipinski definition) is 1. The Hall–Kier alpha value is -0.150. The summed E-state index contributed by atoms with van der Waals surface area (Å²) in [6, 6.07) is 0.536. The van der Waals surface area contributed by atoms with Crippen LogP contribution in [0.3, 0.4) is 0 Å². The molecule has 2 N–H and O–H groups in total. The van der Waals surface area contributed by atoms with Crippen molar-refractivity contribution >= 4 is 0 Å². The zero-order valence-electron chi connectivity index (χ0n) is 7.59. The van der Waals surface area contributed by atoms with Gasteiger partial charge in [-0.2, -0.15) is 0 Å². The van der Waals surface area contributed by atoms with Crippen molar-refractivity contribution in [1.82, 2.24) is 4.90 Å². The maximum atomic E-state index is 13.2. The van der Waals surface area contributed by atoms with Crippen molar-refractivity contribution in [3.63, 3.8) is 0 Å². The van der Waals surface area contributed by atoms with Gasteiger partial charge in [0.05, 0.1) is 0 Å². The third-order valence-corrected chi connectivity index (χ3v) is 3.55. The van der Waals surface area contributed by atoms with Gasteiger partial charge in [0, 0.05) is 24.7 Å². The van der Waals surface area contributed by atoms with Crippen molar-refractivity contribution < 1.29 is 4.39 Å². The zero-order chi connectivity index (χ0) is 8.77. The van der Waals surface area contributed by atoms with Gasteiger partial charge < -0.3 is 5.73 Å². The van der Waals surface area contributed by atoms with Crippen molar-refractivity contribution in [3.8, 4) is 0 Å². The first-order valence-corrected chi connectivity index (χ1v) is 4.79. The molecule has 2 aliphatic heterocycles. The average molecular weight is 172 g/mol. The second kappa shape index (κ2) is 2.67. The SMILES string of the molecule is CC1CCC2(CN)CC(F)CN12. The molecule has 0 bridgehead atoms. The molecule has 3 heteroatoms. The van der Waals surface area contributed by atoms with E-state index in [1.807, 2.05) is 0 Å². The van der Waals surface area contributed by atoms with E-state index in [9.17, 15) is 4.39 Å². The highest BCUT2D eigenvalue weighted by Crippen LogP contribution is 2.42. The number of nitrogens with two attached hydrogens (primary N) is 1. The fourth-order valence-electron chi connectivity index (χ4n) is 2.83. The molecule has 0 amide bonds. The molecule has 2 aliphatic rings. The van der Waals surface area contributed by atoms with E-state index in [2.05, 4.69) is 11.8 Å². The number of fused-ring (bicyclic) bond motifs is 1. The van der Waals surface area contributed by atoms with Crippen LogP contribution in [0.2, 0.25) is 0 Å². The van der Waals surface area contributed by atoms with E-state index < -0.39 is 6.17 Å². The molecule has 0 aromatic heterocycles. The predicted molar refractivity (Wildman–Crippen MR) is 46.7 cm³/mol. The molecule has 0 aromatic carbocycles. The predicted octanol–water partition coefficient (Wildman–Crippen LogP) is 0.910. The Balaban J connectivity index is 2.19. The van der Waals surface area contributed by atoms with E-state index in [4.69, 9.17) is 5.73 Å². The van der Waals surface area contributed by atoms with Crippen molar-refractivity contribution in [3.05, 3.63) is 0 Å². The summed E-state index contributed by atoms with van der Waals surface area (Å²) < 4.78 is 13.2. The summed E-state index contributed by atoms with van der Waals surface area (Å²) in [6.45, 7) is 3.41. The minimum absolute atomic E-state index is 0.0266. The first kappa shape index (κ1) is 8.45. The Morgan fingerprint density at radius 2 is 2.42 bits per heavy atom. The molecule has 3 atom stereocenters. The van der Waals surface area contributed by atoms with Crippen LogP contribution in [0.1, 0.15) is 26.2 Å². The van der Waals surface area contributed by atoms with E-state index in [1.165, 1.54) is 6.42 Å². The third kappa shape index (κ3) is 0.995. The highest BCUT2D eigenvalue weighted by Gasteiger charge is 2.50. The van der Waals surface area contributed by atoms with E-state index in [1.54, 1.807) is 0 Å². The largest absolute Gasteiger partial charge is 0.329 e. The summed E-state index contributed by atoms with van der Waals surface area (Å²) in [5.74, 6) is 0. The van der Waals surface area contributed by atoms with E-state index >= 15 is 0 Å². The van der Waals surface area contributed by atoms with Crippen LogP contribution in [0, 0.1) is 0 Å². The van der Waals surface area contributed by atoms with Gasteiger partial charge in [-0.25, -0.2) is 4.39 Å². The van der Waals surface area contributed by atoms with Gasteiger partial charge in [0.15, 0.2) is 0 Å². The number of alkyl halides is 1. The van der Waals surface area contributed by atoms with Crippen LogP contribution in [0.4, 0.5) is 4.39 Å². The zero-order valence-corrected chi connectivity index (χ0v) is 7.59. The third-order valence-electron chi connectivity index (χ3n) is 3.55. The second-order valence-corrected chi connectivity index (χ2v) is 4.27. The Labute approximate surface area is 72.9 Å². The van der Waals surface area contributed by atoms with E-state index in [0.717, 1.165) is 6.42 Å². The molecule has 2 saturated heterocycles. The summed E-state index contributed by atoms with van der Waals surface area (Å²) in [5, 5.41) is 0. The lowest BCUT2D eigenvalue weighted by Gasteiger charge is -2.32. The van der Waals surface area contributed by atoms with E-state index in [-0.39, 0.29) is 5.54 Å². The van der Waals surface area contributed by atoms with Crippen LogP contribution in [0.15, 0.2) is 0 Å². The van der Waals surface area contributed by atoms with Crippen molar-refractivity contribution in [2.45, 2.75) is 43.9 Å². The molecule has 0 spiro atoms. The lowest BCUT2D eigenvalue weighted by Crippen LogP contribution is -2.46. The first-order valence-electron chi connectivity index (χ1n) is 4.79. The smallest absolute Gasteiger partial charge is 0.115 e. The van der Waals surface area contributed by atoms with Gasteiger partial charge in [-0.1, -0.05) is 0 Å². The Kier molecular flexibility index (Phi) is 1.88. The summed E-state index contributed by atoms with van der Waals surface area (Å²) in [6.07, 6.45) is 2.29. The van der Waals surface area contributed by atoms with Gasteiger partial charge in [0.1, 0.15) is 6.17 Å². The quantitative estimate of drug-likeness (QED) is 0.637. The van der Waals surface area contributed by atoms with Crippen LogP contribution >= 0.6 is 0 Å².